The smallest absolute Gasteiger partial charge is 0.192 e. The fourth-order valence-electron chi connectivity index (χ4n) is 1.36. The minimum absolute atomic E-state index is 0.269. The molecule has 0 saturated heterocycles. The summed E-state index contributed by atoms with van der Waals surface area (Å²) < 4.78 is 6.34. The van der Waals surface area contributed by atoms with Gasteiger partial charge in [-0.05, 0) is 24.6 Å². The number of terminal acetylenes is 1. The van der Waals surface area contributed by atoms with E-state index in [1.807, 2.05) is 0 Å². The molecule has 0 N–H and O–H groups in total. The highest BCUT2D eigenvalue weighted by atomic mass is 28.4. The van der Waals surface area contributed by atoms with Gasteiger partial charge in [-0.15, -0.1) is 12.3 Å². The average molecular weight is 240 g/mol. The van der Waals surface area contributed by atoms with Crippen LogP contribution in [0, 0.1) is 12.3 Å². The zero-order valence-corrected chi connectivity index (χ0v) is 12.9. The van der Waals surface area contributed by atoms with E-state index in [2.05, 4.69) is 46.7 Å². The van der Waals surface area contributed by atoms with E-state index in [-0.39, 0.29) is 11.1 Å². The summed E-state index contributed by atoms with van der Waals surface area (Å²) in [5.74, 6) is 2.75. The molecule has 1 atom stereocenters. The molecule has 0 bridgehead atoms. The Labute approximate surface area is 103 Å². The van der Waals surface area contributed by atoms with E-state index in [1.54, 1.807) is 0 Å². The zero-order valence-electron chi connectivity index (χ0n) is 11.9. The van der Waals surface area contributed by atoms with Crippen molar-refractivity contribution in [1.29, 1.82) is 0 Å². The highest BCUT2D eigenvalue weighted by Gasteiger charge is 2.38. The topological polar surface area (TPSA) is 9.23 Å². The van der Waals surface area contributed by atoms with Crippen LogP contribution in [-0.4, -0.2) is 14.4 Å². The van der Waals surface area contributed by atoms with Crippen molar-refractivity contribution in [2.24, 2.45) is 0 Å². The SMILES string of the molecule is C#CCC(CCCC)O[Si](C)(C)C(C)(C)C. The lowest BCUT2D eigenvalue weighted by molar-refractivity contribution is 0.173. The Morgan fingerprint density at radius 3 is 2.25 bits per heavy atom. The summed E-state index contributed by atoms with van der Waals surface area (Å²) in [5, 5.41) is 0.270. The van der Waals surface area contributed by atoms with Crippen LogP contribution in [-0.2, 0) is 4.43 Å². The molecule has 16 heavy (non-hydrogen) atoms. The first kappa shape index (κ1) is 15.7. The molecule has 0 aliphatic heterocycles. The summed E-state index contributed by atoms with van der Waals surface area (Å²) in [4.78, 5) is 0. The maximum Gasteiger partial charge on any atom is 0.192 e. The molecule has 0 aliphatic carbocycles. The van der Waals surface area contributed by atoms with Gasteiger partial charge in [0.15, 0.2) is 8.32 Å². The van der Waals surface area contributed by atoms with E-state index in [9.17, 15) is 0 Å². The van der Waals surface area contributed by atoms with Crippen molar-refractivity contribution in [3.63, 3.8) is 0 Å². The van der Waals surface area contributed by atoms with Crippen molar-refractivity contribution in [2.45, 2.75) is 77.6 Å². The monoisotopic (exact) mass is 240 g/mol. The van der Waals surface area contributed by atoms with Crippen molar-refractivity contribution < 1.29 is 4.43 Å². The van der Waals surface area contributed by atoms with E-state index in [4.69, 9.17) is 10.8 Å². The van der Waals surface area contributed by atoms with Gasteiger partial charge in [0, 0.05) is 6.42 Å². The molecule has 0 aliphatic rings. The Kier molecular flexibility index (Phi) is 6.36. The first-order valence-electron chi connectivity index (χ1n) is 6.36. The maximum absolute atomic E-state index is 6.34. The third-order valence-corrected chi connectivity index (χ3v) is 8.03. The van der Waals surface area contributed by atoms with Gasteiger partial charge >= 0.3 is 0 Å². The molecule has 0 aromatic carbocycles. The molecular formula is C14H28OSi. The Morgan fingerprint density at radius 2 is 1.88 bits per heavy atom. The molecule has 2 heteroatoms. The molecule has 1 unspecified atom stereocenters. The summed E-state index contributed by atoms with van der Waals surface area (Å²) in [6.07, 6.45) is 9.96. The molecule has 0 saturated carbocycles. The van der Waals surface area contributed by atoms with Crippen LogP contribution in [0.4, 0.5) is 0 Å². The normalized spacial score (nSPS) is 14.6. The summed E-state index contributed by atoms with van der Waals surface area (Å²) >= 11 is 0. The molecule has 0 spiro atoms. The summed E-state index contributed by atoms with van der Waals surface area (Å²) in [6.45, 7) is 13.6. The van der Waals surface area contributed by atoms with Crippen molar-refractivity contribution in [3.8, 4) is 12.3 Å². The van der Waals surface area contributed by atoms with E-state index < -0.39 is 8.32 Å². The number of unbranched alkanes of at least 4 members (excludes halogenated alkanes) is 1. The van der Waals surface area contributed by atoms with Crippen molar-refractivity contribution in [3.05, 3.63) is 0 Å². The van der Waals surface area contributed by atoms with Gasteiger partial charge in [0.1, 0.15) is 0 Å². The second-order valence-corrected chi connectivity index (χ2v) is 10.8. The van der Waals surface area contributed by atoms with Crippen LogP contribution in [0.15, 0.2) is 0 Å². The van der Waals surface area contributed by atoms with Crippen LogP contribution in [0.25, 0.3) is 0 Å². The van der Waals surface area contributed by atoms with Gasteiger partial charge < -0.3 is 4.43 Å². The largest absolute Gasteiger partial charge is 0.413 e. The van der Waals surface area contributed by atoms with Crippen molar-refractivity contribution >= 4 is 8.32 Å². The quantitative estimate of drug-likeness (QED) is 0.487. The zero-order chi connectivity index (χ0) is 12.8. The third-order valence-electron chi connectivity index (χ3n) is 3.49. The Bertz CT molecular complexity index is 232. The number of rotatable bonds is 6. The van der Waals surface area contributed by atoms with E-state index in [0.29, 0.717) is 0 Å². The number of hydrogen-bond donors (Lipinski definition) is 0. The van der Waals surface area contributed by atoms with Gasteiger partial charge in [0.2, 0.25) is 0 Å². The lowest BCUT2D eigenvalue weighted by Crippen LogP contribution is -2.43. The first-order chi connectivity index (χ1) is 7.24. The fourth-order valence-corrected chi connectivity index (χ4v) is 2.75. The lowest BCUT2D eigenvalue weighted by Gasteiger charge is -2.39. The van der Waals surface area contributed by atoms with E-state index in [1.165, 1.54) is 12.8 Å². The highest BCUT2D eigenvalue weighted by Crippen LogP contribution is 2.38. The van der Waals surface area contributed by atoms with Crippen LogP contribution in [0.5, 0.6) is 0 Å². The average Bonchev–Trinajstić information content (AvgIpc) is 2.12. The molecule has 0 amide bonds. The van der Waals surface area contributed by atoms with Gasteiger partial charge in [-0.1, -0.05) is 40.5 Å². The fraction of sp³-hybridized carbons (Fsp3) is 0.857. The molecule has 0 rings (SSSR count). The molecule has 0 aromatic rings. The van der Waals surface area contributed by atoms with Gasteiger partial charge in [0.05, 0.1) is 6.10 Å². The van der Waals surface area contributed by atoms with Crippen LogP contribution >= 0.6 is 0 Å². The summed E-state index contributed by atoms with van der Waals surface area (Å²) in [6, 6.07) is 0. The van der Waals surface area contributed by atoms with Crippen molar-refractivity contribution in [2.75, 3.05) is 0 Å². The molecule has 1 nitrogen and oxygen atoms in total. The summed E-state index contributed by atoms with van der Waals surface area (Å²) in [5.41, 5.74) is 0. The minimum atomic E-state index is -1.65. The molecule has 94 valence electrons. The van der Waals surface area contributed by atoms with Crippen LogP contribution in [0.3, 0.4) is 0 Å². The second-order valence-electron chi connectivity index (χ2n) is 6.05. The van der Waals surface area contributed by atoms with Crippen LogP contribution in [0.1, 0.15) is 53.4 Å². The molecule has 0 heterocycles. The lowest BCUT2D eigenvalue weighted by atomic mass is 10.1. The highest BCUT2D eigenvalue weighted by molar-refractivity contribution is 6.74. The van der Waals surface area contributed by atoms with Gasteiger partial charge in [-0.25, -0.2) is 0 Å². The van der Waals surface area contributed by atoms with E-state index in [0.717, 1.165) is 12.8 Å². The Balaban J connectivity index is 4.44. The molecule has 0 aromatic heterocycles. The Morgan fingerprint density at radius 1 is 1.31 bits per heavy atom. The first-order valence-corrected chi connectivity index (χ1v) is 9.26. The summed E-state index contributed by atoms with van der Waals surface area (Å²) in [7, 11) is -1.65. The van der Waals surface area contributed by atoms with Gasteiger partial charge in [-0.3, -0.25) is 0 Å². The molecule has 0 radical (unpaired) electrons. The van der Waals surface area contributed by atoms with Gasteiger partial charge in [0.25, 0.3) is 0 Å². The van der Waals surface area contributed by atoms with Gasteiger partial charge in [-0.2, -0.15) is 0 Å². The number of hydrogen-bond acceptors (Lipinski definition) is 1. The van der Waals surface area contributed by atoms with Crippen molar-refractivity contribution in [1.82, 2.24) is 0 Å². The predicted molar refractivity (Wildman–Crippen MR) is 75.0 cm³/mol. The van der Waals surface area contributed by atoms with E-state index >= 15 is 0 Å². The molecular weight excluding hydrogens is 212 g/mol. The Hall–Kier alpha value is -0.263. The second kappa shape index (κ2) is 6.47. The minimum Gasteiger partial charge on any atom is -0.413 e. The third kappa shape index (κ3) is 5.18. The maximum atomic E-state index is 6.34. The standard InChI is InChI=1S/C14H28OSi/c1-8-10-12-13(11-9-2)15-16(6,7)14(3,4)5/h2,13H,8,10-12H2,1,3-7H3. The van der Waals surface area contributed by atoms with Crippen LogP contribution < -0.4 is 0 Å². The predicted octanol–water partition coefficient (Wildman–Crippen LogP) is 4.59. The van der Waals surface area contributed by atoms with Crippen LogP contribution in [0.2, 0.25) is 18.1 Å². The molecule has 0 fully saturated rings.